The number of hydrogen-bond donors (Lipinski definition) is 1. The average molecular weight is 401 g/mol. The Morgan fingerprint density at radius 2 is 2.04 bits per heavy atom. The van der Waals surface area contributed by atoms with Gasteiger partial charge < -0.3 is 0 Å². The van der Waals surface area contributed by atoms with Crippen molar-refractivity contribution < 1.29 is 13.2 Å². The molecule has 10 heteroatoms. The molecule has 0 radical (unpaired) electrons. The smallest absolute Gasteiger partial charge is 0.287 e. The van der Waals surface area contributed by atoms with E-state index in [9.17, 15) is 18.0 Å². The minimum atomic E-state index is -4.55. The number of thioether (sulfide) groups is 1. The third-order valence-electron chi connectivity index (χ3n) is 3.43. The second-order valence-electron chi connectivity index (χ2n) is 5.20. The lowest BCUT2D eigenvalue weighted by atomic mass is 10.1. The largest absolute Gasteiger partial charge is 0.416 e. The first kappa shape index (κ1) is 18.5. The molecule has 0 aliphatic rings. The van der Waals surface area contributed by atoms with Crippen molar-refractivity contribution in [2.45, 2.75) is 18.1 Å². The second-order valence-corrected chi connectivity index (χ2v) is 6.89. The van der Waals surface area contributed by atoms with Crippen molar-refractivity contribution in [3.63, 3.8) is 0 Å². The number of halogens is 4. The highest BCUT2D eigenvalue weighted by molar-refractivity contribution is 7.99. The van der Waals surface area contributed by atoms with E-state index in [1.54, 1.807) is 6.07 Å². The van der Waals surface area contributed by atoms with E-state index >= 15 is 0 Å². The van der Waals surface area contributed by atoms with E-state index in [4.69, 9.17) is 11.6 Å². The Morgan fingerprint density at radius 1 is 1.27 bits per heavy atom. The summed E-state index contributed by atoms with van der Waals surface area (Å²) in [6.45, 7) is 1.94. The lowest BCUT2D eigenvalue weighted by Gasteiger charge is -2.13. The SMILES string of the molecule is CCSc1ncc(Cl)cc1Nn1cnc2ccc(C(F)(F)F)cc2c1=O. The van der Waals surface area contributed by atoms with Crippen molar-refractivity contribution in [1.29, 1.82) is 0 Å². The molecule has 0 spiro atoms. The van der Waals surface area contributed by atoms with Gasteiger partial charge in [-0.05, 0) is 30.0 Å². The number of pyridine rings is 1. The molecular formula is C16H12ClF3N4OS. The number of anilines is 1. The summed E-state index contributed by atoms with van der Waals surface area (Å²) in [5, 5.41) is 0.816. The molecule has 0 saturated heterocycles. The number of nitrogens with one attached hydrogen (secondary N) is 1. The Hall–Kier alpha value is -2.26. The summed E-state index contributed by atoms with van der Waals surface area (Å²) in [5.74, 6) is 0.739. The van der Waals surface area contributed by atoms with Crippen LogP contribution in [0.15, 0.2) is 46.6 Å². The monoisotopic (exact) mass is 400 g/mol. The molecular weight excluding hydrogens is 389 g/mol. The molecule has 0 saturated carbocycles. The Kier molecular flexibility index (Phi) is 5.10. The molecule has 0 amide bonds. The summed E-state index contributed by atoms with van der Waals surface area (Å²) < 4.78 is 39.7. The Balaban J connectivity index is 2.08. The van der Waals surface area contributed by atoms with Crippen LogP contribution in [0, 0.1) is 0 Å². The van der Waals surface area contributed by atoms with Crippen LogP contribution in [0.1, 0.15) is 12.5 Å². The number of alkyl halides is 3. The molecule has 26 heavy (non-hydrogen) atoms. The molecule has 2 heterocycles. The van der Waals surface area contributed by atoms with Crippen LogP contribution in [0.2, 0.25) is 5.02 Å². The molecule has 0 fully saturated rings. The fourth-order valence-electron chi connectivity index (χ4n) is 2.27. The molecule has 3 rings (SSSR count). The Morgan fingerprint density at radius 3 is 2.73 bits per heavy atom. The molecule has 1 aromatic carbocycles. The van der Waals surface area contributed by atoms with Gasteiger partial charge in [0, 0.05) is 6.20 Å². The molecule has 2 aromatic heterocycles. The number of benzene rings is 1. The molecule has 3 aromatic rings. The van der Waals surface area contributed by atoms with Gasteiger partial charge in [0.2, 0.25) is 0 Å². The van der Waals surface area contributed by atoms with Crippen LogP contribution in [-0.4, -0.2) is 20.4 Å². The van der Waals surface area contributed by atoms with Gasteiger partial charge in [-0.15, -0.1) is 11.8 Å². The molecule has 0 bridgehead atoms. The van der Waals surface area contributed by atoms with Crippen molar-refractivity contribution in [3.05, 3.63) is 57.7 Å². The van der Waals surface area contributed by atoms with E-state index in [2.05, 4.69) is 15.4 Å². The zero-order valence-electron chi connectivity index (χ0n) is 13.3. The molecule has 0 aliphatic carbocycles. The van der Waals surface area contributed by atoms with Gasteiger partial charge in [-0.25, -0.2) is 14.6 Å². The average Bonchev–Trinajstić information content (AvgIpc) is 2.59. The van der Waals surface area contributed by atoms with Crippen LogP contribution >= 0.6 is 23.4 Å². The van der Waals surface area contributed by atoms with Crippen LogP contribution in [0.4, 0.5) is 18.9 Å². The molecule has 0 aliphatic heterocycles. The summed E-state index contributed by atoms with van der Waals surface area (Å²) >= 11 is 7.38. The van der Waals surface area contributed by atoms with Crippen molar-refractivity contribution in [3.8, 4) is 0 Å². The van der Waals surface area contributed by atoms with E-state index in [1.165, 1.54) is 30.4 Å². The number of aromatic nitrogens is 3. The normalized spacial score (nSPS) is 11.7. The minimum absolute atomic E-state index is 0.144. The third kappa shape index (κ3) is 3.78. The fraction of sp³-hybridized carbons (Fsp3) is 0.188. The maximum Gasteiger partial charge on any atom is 0.416 e. The van der Waals surface area contributed by atoms with Gasteiger partial charge in [0.1, 0.15) is 11.4 Å². The van der Waals surface area contributed by atoms with E-state index < -0.39 is 17.3 Å². The van der Waals surface area contributed by atoms with Gasteiger partial charge in [0.05, 0.1) is 27.2 Å². The van der Waals surface area contributed by atoms with Crippen molar-refractivity contribution in [2.24, 2.45) is 0 Å². The van der Waals surface area contributed by atoms with Gasteiger partial charge in [0.15, 0.2) is 0 Å². The standard InChI is InChI=1S/C16H12ClF3N4OS/c1-2-26-14-13(6-10(17)7-21-14)23-24-8-22-12-4-3-9(16(18,19)20)5-11(12)15(24)25/h3-8,23H,2H2,1H3. The number of hydrogen-bond acceptors (Lipinski definition) is 5. The second kappa shape index (κ2) is 7.16. The Bertz CT molecular complexity index is 1020. The zero-order valence-corrected chi connectivity index (χ0v) is 14.9. The lowest BCUT2D eigenvalue weighted by molar-refractivity contribution is -0.137. The quantitative estimate of drug-likeness (QED) is 0.655. The van der Waals surface area contributed by atoms with Crippen molar-refractivity contribution in [1.82, 2.24) is 14.6 Å². The summed E-state index contributed by atoms with van der Waals surface area (Å²) in [6.07, 6.45) is -1.86. The van der Waals surface area contributed by atoms with Crippen LogP contribution in [0.5, 0.6) is 0 Å². The maximum absolute atomic E-state index is 12.9. The Labute approximate surface area is 155 Å². The third-order valence-corrected chi connectivity index (χ3v) is 4.52. The predicted octanol–water partition coefficient (Wildman–Crippen LogP) is 4.45. The highest BCUT2D eigenvalue weighted by atomic mass is 35.5. The van der Waals surface area contributed by atoms with Crippen LogP contribution in [0.3, 0.4) is 0 Å². The molecule has 136 valence electrons. The fourth-order valence-corrected chi connectivity index (χ4v) is 3.09. The van der Waals surface area contributed by atoms with Gasteiger partial charge >= 0.3 is 6.18 Å². The topological polar surface area (TPSA) is 59.8 Å². The molecule has 1 N–H and O–H groups in total. The zero-order chi connectivity index (χ0) is 18.9. The first-order chi connectivity index (χ1) is 12.3. The summed E-state index contributed by atoms with van der Waals surface area (Å²) in [6, 6.07) is 4.43. The van der Waals surface area contributed by atoms with Gasteiger partial charge in [-0.1, -0.05) is 18.5 Å². The number of rotatable bonds is 4. The molecule has 0 unspecified atom stereocenters. The van der Waals surface area contributed by atoms with Crippen LogP contribution in [0.25, 0.3) is 10.9 Å². The van der Waals surface area contributed by atoms with E-state index in [-0.39, 0.29) is 10.9 Å². The summed E-state index contributed by atoms with van der Waals surface area (Å²) in [4.78, 5) is 20.8. The highest BCUT2D eigenvalue weighted by Crippen LogP contribution is 2.30. The van der Waals surface area contributed by atoms with E-state index in [0.717, 1.165) is 22.6 Å². The number of nitrogens with zero attached hydrogens (tertiary/aromatic N) is 3. The lowest BCUT2D eigenvalue weighted by Crippen LogP contribution is -2.27. The van der Waals surface area contributed by atoms with Gasteiger partial charge in [-0.3, -0.25) is 10.2 Å². The van der Waals surface area contributed by atoms with Crippen LogP contribution < -0.4 is 11.0 Å². The highest BCUT2D eigenvalue weighted by Gasteiger charge is 2.30. The summed E-state index contributed by atoms with van der Waals surface area (Å²) in [7, 11) is 0. The van der Waals surface area contributed by atoms with Gasteiger partial charge in [0.25, 0.3) is 5.56 Å². The van der Waals surface area contributed by atoms with Crippen LogP contribution in [-0.2, 0) is 6.18 Å². The first-order valence-electron chi connectivity index (χ1n) is 7.43. The minimum Gasteiger partial charge on any atom is -0.287 e. The predicted molar refractivity (Wildman–Crippen MR) is 95.7 cm³/mol. The van der Waals surface area contributed by atoms with Crippen molar-refractivity contribution >= 4 is 40.0 Å². The number of fused-ring (bicyclic) bond motifs is 1. The molecule has 0 atom stereocenters. The van der Waals surface area contributed by atoms with Gasteiger partial charge in [-0.2, -0.15) is 13.2 Å². The van der Waals surface area contributed by atoms with Crippen molar-refractivity contribution in [2.75, 3.05) is 11.2 Å². The van der Waals surface area contributed by atoms with E-state index in [0.29, 0.717) is 15.7 Å². The summed E-state index contributed by atoms with van der Waals surface area (Å²) in [5.41, 5.74) is 1.87. The molecule has 5 nitrogen and oxygen atoms in total. The van der Waals surface area contributed by atoms with E-state index in [1.807, 2.05) is 6.92 Å². The maximum atomic E-state index is 12.9. The first-order valence-corrected chi connectivity index (χ1v) is 8.80.